The summed E-state index contributed by atoms with van der Waals surface area (Å²) in [7, 11) is 1.66. The highest BCUT2D eigenvalue weighted by atomic mass is 32.2. The van der Waals surface area contributed by atoms with Crippen LogP contribution in [-0.4, -0.2) is 28.4 Å². The van der Waals surface area contributed by atoms with Gasteiger partial charge in [0, 0.05) is 11.8 Å². The van der Waals surface area contributed by atoms with Crippen molar-refractivity contribution in [1.29, 1.82) is 0 Å². The number of nitrogens with zero attached hydrogens (tertiary/aromatic N) is 2. The molecule has 3 N–H and O–H groups in total. The number of hydrazine groups is 1. The van der Waals surface area contributed by atoms with E-state index in [1.54, 1.807) is 13.3 Å². The number of hydrogen-bond donors (Lipinski definition) is 2. The summed E-state index contributed by atoms with van der Waals surface area (Å²) in [5.41, 5.74) is 3.87. The molecule has 1 unspecified atom stereocenters. The van der Waals surface area contributed by atoms with E-state index in [-0.39, 0.29) is 12.1 Å². The van der Waals surface area contributed by atoms with Crippen molar-refractivity contribution >= 4 is 11.8 Å². The zero-order valence-corrected chi connectivity index (χ0v) is 11.8. The maximum absolute atomic E-state index is 5.64. The smallest absolute Gasteiger partial charge is 0.161 e. The Kier molecular flexibility index (Phi) is 5.80. The van der Waals surface area contributed by atoms with Gasteiger partial charge in [-0.25, -0.2) is 0 Å². The molecule has 0 aliphatic rings. The fraction of sp³-hybridized carbons (Fsp3) is 0.727. The summed E-state index contributed by atoms with van der Waals surface area (Å²) in [6.07, 6.45) is 1.75. The number of aromatic nitrogens is 2. The van der Waals surface area contributed by atoms with Gasteiger partial charge in [0.05, 0.1) is 25.0 Å². The predicted octanol–water partition coefficient (Wildman–Crippen LogP) is 1.73. The molecule has 0 fully saturated rings. The average Bonchev–Trinajstić information content (AvgIpc) is 2.74. The normalized spacial score (nSPS) is 13.1. The van der Waals surface area contributed by atoms with Gasteiger partial charge in [0.15, 0.2) is 5.75 Å². The molecule has 5 nitrogen and oxygen atoms in total. The zero-order chi connectivity index (χ0) is 12.8. The van der Waals surface area contributed by atoms with Crippen molar-refractivity contribution in [2.45, 2.75) is 32.9 Å². The summed E-state index contributed by atoms with van der Waals surface area (Å²) in [6, 6.07) is 0.344. The molecule has 0 aliphatic heterocycles. The SMILES string of the molecule is CCSCC(NN)c1c(OC)cnn1C(C)C. The Labute approximate surface area is 107 Å². The van der Waals surface area contributed by atoms with Crippen molar-refractivity contribution in [3.05, 3.63) is 11.9 Å². The lowest BCUT2D eigenvalue weighted by atomic mass is 10.2. The summed E-state index contributed by atoms with van der Waals surface area (Å²) in [6.45, 7) is 6.32. The highest BCUT2D eigenvalue weighted by Crippen LogP contribution is 2.29. The van der Waals surface area contributed by atoms with E-state index in [9.17, 15) is 0 Å². The van der Waals surface area contributed by atoms with Crippen LogP contribution in [0.3, 0.4) is 0 Å². The van der Waals surface area contributed by atoms with Crippen LogP contribution in [-0.2, 0) is 0 Å². The number of hydrogen-bond acceptors (Lipinski definition) is 5. The van der Waals surface area contributed by atoms with E-state index in [1.807, 2.05) is 16.4 Å². The number of rotatable bonds is 7. The van der Waals surface area contributed by atoms with E-state index in [0.717, 1.165) is 22.9 Å². The first-order valence-corrected chi connectivity index (χ1v) is 6.96. The fourth-order valence-electron chi connectivity index (χ4n) is 1.70. The maximum Gasteiger partial charge on any atom is 0.161 e. The van der Waals surface area contributed by atoms with Crippen LogP contribution < -0.4 is 16.0 Å². The molecule has 1 rings (SSSR count). The van der Waals surface area contributed by atoms with Gasteiger partial charge in [-0.1, -0.05) is 6.92 Å². The first-order chi connectivity index (χ1) is 8.15. The van der Waals surface area contributed by atoms with E-state index in [4.69, 9.17) is 10.6 Å². The summed E-state index contributed by atoms with van der Waals surface area (Å²) < 4.78 is 7.31. The molecular weight excluding hydrogens is 236 g/mol. The Hall–Kier alpha value is -0.720. The van der Waals surface area contributed by atoms with Gasteiger partial charge >= 0.3 is 0 Å². The molecule has 1 aromatic rings. The number of thioether (sulfide) groups is 1. The first-order valence-electron chi connectivity index (χ1n) is 5.80. The Morgan fingerprint density at radius 1 is 1.59 bits per heavy atom. The van der Waals surface area contributed by atoms with Gasteiger partial charge in [-0.05, 0) is 19.6 Å². The molecule has 0 bridgehead atoms. The van der Waals surface area contributed by atoms with E-state index in [1.165, 1.54) is 0 Å². The van der Waals surface area contributed by atoms with Crippen LogP contribution in [0.4, 0.5) is 0 Å². The van der Waals surface area contributed by atoms with Crippen LogP contribution in [0.25, 0.3) is 0 Å². The van der Waals surface area contributed by atoms with E-state index in [0.29, 0.717) is 0 Å². The topological polar surface area (TPSA) is 65.1 Å². The summed E-state index contributed by atoms with van der Waals surface area (Å²) in [5, 5.41) is 4.35. The molecule has 0 radical (unpaired) electrons. The Balaban J connectivity index is 3.01. The monoisotopic (exact) mass is 258 g/mol. The van der Waals surface area contributed by atoms with Crippen LogP contribution in [0, 0.1) is 0 Å². The van der Waals surface area contributed by atoms with Gasteiger partial charge in [0.1, 0.15) is 0 Å². The lowest BCUT2D eigenvalue weighted by molar-refractivity contribution is 0.391. The van der Waals surface area contributed by atoms with Crippen LogP contribution in [0.1, 0.15) is 38.5 Å². The molecule has 1 heterocycles. The molecule has 0 aromatic carbocycles. The zero-order valence-electron chi connectivity index (χ0n) is 10.9. The molecule has 0 saturated heterocycles. The van der Waals surface area contributed by atoms with Crippen LogP contribution in [0.15, 0.2) is 6.20 Å². The Morgan fingerprint density at radius 2 is 2.29 bits per heavy atom. The first kappa shape index (κ1) is 14.3. The lowest BCUT2D eigenvalue weighted by Crippen LogP contribution is -2.32. The minimum absolute atomic E-state index is 0.0554. The van der Waals surface area contributed by atoms with Gasteiger partial charge in [-0.3, -0.25) is 16.0 Å². The number of nitrogens with one attached hydrogen (secondary N) is 1. The van der Waals surface area contributed by atoms with Gasteiger partial charge in [-0.2, -0.15) is 16.9 Å². The van der Waals surface area contributed by atoms with E-state index >= 15 is 0 Å². The van der Waals surface area contributed by atoms with Crippen molar-refractivity contribution in [2.24, 2.45) is 5.84 Å². The quantitative estimate of drug-likeness (QED) is 0.576. The van der Waals surface area contributed by atoms with Crippen molar-refractivity contribution in [1.82, 2.24) is 15.2 Å². The number of nitrogens with two attached hydrogens (primary N) is 1. The average molecular weight is 258 g/mol. The Bertz CT molecular complexity index is 340. The number of ether oxygens (including phenoxy) is 1. The lowest BCUT2D eigenvalue weighted by Gasteiger charge is -2.20. The second kappa shape index (κ2) is 6.88. The van der Waals surface area contributed by atoms with Gasteiger partial charge < -0.3 is 4.74 Å². The molecule has 17 heavy (non-hydrogen) atoms. The molecule has 6 heteroatoms. The van der Waals surface area contributed by atoms with Gasteiger partial charge in [0.2, 0.25) is 0 Å². The third-order valence-corrected chi connectivity index (χ3v) is 3.50. The van der Waals surface area contributed by atoms with Crippen molar-refractivity contribution in [3.63, 3.8) is 0 Å². The second-order valence-corrected chi connectivity index (χ2v) is 5.33. The molecule has 0 spiro atoms. The van der Waals surface area contributed by atoms with Crippen LogP contribution in [0.2, 0.25) is 0 Å². The third-order valence-electron chi connectivity index (χ3n) is 2.53. The second-order valence-electron chi connectivity index (χ2n) is 4.02. The summed E-state index contributed by atoms with van der Waals surface area (Å²) >= 11 is 1.84. The number of methoxy groups -OCH3 is 1. The molecule has 98 valence electrons. The fourth-order valence-corrected chi connectivity index (χ4v) is 2.42. The minimum Gasteiger partial charge on any atom is -0.493 e. The highest BCUT2D eigenvalue weighted by Gasteiger charge is 2.22. The standard InChI is InChI=1S/C11H22N4OS/c1-5-17-7-9(14-12)11-10(16-4)6-13-15(11)8(2)3/h6,8-9,14H,5,7,12H2,1-4H3. The maximum atomic E-state index is 5.64. The minimum atomic E-state index is 0.0554. The molecule has 0 amide bonds. The molecular formula is C11H22N4OS. The van der Waals surface area contributed by atoms with Crippen LogP contribution in [0.5, 0.6) is 5.75 Å². The summed E-state index contributed by atoms with van der Waals surface area (Å²) in [4.78, 5) is 0. The molecule has 1 atom stereocenters. The largest absolute Gasteiger partial charge is 0.493 e. The molecule has 0 aliphatic carbocycles. The molecule has 0 saturated carbocycles. The van der Waals surface area contributed by atoms with Gasteiger partial charge in [-0.15, -0.1) is 0 Å². The highest BCUT2D eigenvalue weighted by molar-refractivity contribution is 7.99. The Morgan fingerprint density at radius 3 is 2.76 bits per heavy atom. The van der Waals surface area contributed by atoms with Crippen molar-refractivity contribution in [2.75, 3.05) is 18.6 Å². The molecule has 1 aromatic heterocycles. The summed E-state index contributed by atoms with van der Waals surface area (Å²) in [5.74, 6) is 8.40. The predicted molar refractivity (Wildman–Crippen MR) is 72.2 cm³/mol. The van der Waals surface area contributed by atoms with Crippen molar-refractivity contribution < 1.29 is 4.74 Å². The van der Waals surface area contributed by atoms with E-state index < -0.39 is 0 Å². The van der Waals surface area contributed by atoms with Gasteiger partial charge in [0.25, 0.3) is 0 Å². The third kappa shape index (κ3) is 3.37. The van der Waals surface area contributed by atoms with Crippen LogP contribution >= 0.6 is 11.8 Å². The van der Waals surface area contributed by atoms with E-state index in [2.05, 4.69) is 31.3 Å². The van der Waals surface area contributed by atoms with Crippen molar-refractivity contribution in [3.8, 4) is 5.75 Å².